The molecule has 2 heteroatoms. The fourth-order valence-electron chi connectivity index (χ4n) is 7.95. The number of hydrogen-bond acceptors (Lipinski definition) is 2. The lowest BCUT2D eigenvalue weighted by molar-refractivity contribution is 0.664. The Kier molecular flexibility index (Phi) is 5.14. The fourth-order valence-corrected chi connectivity index (χ4v) is 7.95. The van der Waals surface area contributed by atoms with Gasteiger partial charge in [0.25, 0.3) is 0 Å². The summed E-state index contributed by atoms with van der Waals surface area (Å²) >= 11 is 0. The molecule has 0 aliphatic rings. The molecule has 0 N–H and O–H groups in total. The first-order valence-corrected chi connectivity index (χ1v) is 16.4. The molecule has 0 saturated heterocycles. The molecule has 9 aromatic carbocycles. The van der Waals surface area contributed by atoms with Gasteiger partial charge >= 0.3 is 0 Å². The van der Waals surface area contributed by atoms with E-state index in [1.54, 1.807) is 0 Å². The lowest BCUT2D eigenvalue weighted by Gasteiger charge is -2.14. The summed E-state index contributed by atoms with van der Waals surface area (Å²) in [6.45, 7) is 0. The van der Waals surface area contributed by atoms with Crippen molar-refractivity contribution >= 4 is 87.0 Å². The maximum absolute atomic E-state index is 6.37. The second kappa shape index (κ2) is 9.57. The van der Waals surface area contributed by atoms with Gasteiger partial charge in [-0.15, -0.1) is 0 Å². The molecular formula is C46H26O2. The van der Waals surface area contributed by atoms with Gasteiger partial charge in [0.2, 0.25) is 0 Å². The van der Waals surface area contributed by atoms with Crippen molar-refractivity contribution in [3.63, 3.8) is 0 Å². The van der Waals surface area contributed by atoms with Crippen LogP contribution in [0.15, 0.2) is 167 Å². The van der Waals surface area contributed by atoms with E-state index >= 15 is 0 Å². The number of benzene rings is 9. The van der Waals surface area contributed by atoms with Crippen LogP contribution in [-0.2, 0) is 0 Å². The lowest BCUT2D eigenvalue weighted by atomic mass is 9.89. The van der Waals surface area contributed by atoms with E-state index < -0.39 is 0 Å². The maximum atomic E-state index is 6.37. The third-order valence-electron chi connectivity index (χ3n) is 10.2. The Labute approximate surface area is 275 Å². The lowest BCUT2D eigenvalue weighted by Crippen LogP contribution is -1.87. The highest BCUT2D eigenvalue weighted by molar-refractivity contribution is 6.26. The molecule has 0 fully saturated rings. The van der Waals surface area contributed by atoms with Crippen LogP contribution in [0.1, 0.15) is 0 Å². The van der Waals surface area contributed by atoms with Gasteiger partial charge in [-0.2, -0.15) is 0 Å². The van der Waals surface area contributed by atoms with Crippen molar-refractivity contribution in [1.29, 1.82) is 0 Å². The molecule has 2 heterocycles. The summed E-state index contributed by atoms with van der Waals surface area (Å²) < 4.78 is 12.6. The third-order valence-corrected chi connectivity index (χ3v) is 10.2. The molecule has 2 aromatic heterocycles. The highest BCUT2D eigenvalue weighted by atomic mass is 16.3. The number of fused-ring (bicyclic) bond motifs is 13. The fraction of sp³-hybridized carbons (Fsp3) is 0. The van der Waals surface area contributed by atoms with Crippen molar-refractivity contribution in [2.45, 2.75) is 0 Å². The summed E-state index contributed by atoms with van der Waals surface area (Å²) in [5, 5.41) is 14.5. The van der Waals surface area contributed by atoms with Crippen molar-refractivity contribution in [2.75, 3.05) is 0 Å². The number of furan rings is 2. The topological polar surface area (TPSA) is 26.3 Å². The molecule has 11 rings (SSSR count). The summed E-state index contributed by atoms with van der Waals surface area (Å²) in [5.41, 5.74) is 8.37. The van der Waals surface area contributed by atoms with E-state index in [1.165, 1.54) is 59.8 Å². The minimum Gasteiger partial charge on any atom is -0.456 e. The summed E-state index contributed by atoms with van der Waals surface area (Å²) in [6.07, 6.45) is 0. The van der Waals surface area contributed by atoms with E-state index in [2.05, 4.69) is 140 Å². The van der Waals surface area contributed by atoms with Crippen LogP contribution < -0.4 is 0 Å². The van der Waals surface area contributed by atoms with Crippen molar-refractivity contribution in [3.8, 4) is 22.3 Å². The normalized spacial score (nSPS) is 12.2. The van der Waals surface area contributed by atoms with Gasteiger partial charge in [0.15, 0.2) is 0 Å². The molecule has 0 aliphatic carbocycles. The van der Waals surface area contributed by atoms with Crippen LogP contribution in [0.3, 0.4) is 0 Å². The second-order valence-electron chi connectivity index (χ2n) is 12.8. The molecule has 0 aliphatic heterocycles. The predicted octanol–water partition coefficient (Wildman–Crippen LogP) is 13.4. The van der Waals surface area contributed by atoms with Crippen LogP contribution in [0.2, 0.25) is 0 Å². The largest absolute Gasteiger partial charge is 0.456 e. The van der Waals surface area contributed by atoms with E-state index in [0.717, 1.165) is 49.4 Å². The van der Waals surface area contributed by atoms with Gasteiger partial charge < -0.3 is 8.83 Å². The first-order chi connectivity index (χ1) is 23.8. The van der Waals surface area contributed by atoms with Crippen LogP contribution in [0.4, 0.5) is 0 Å². The molecule has 0 atom stereocenters. The number of para-hydroxylation sites is 1. The van der Waals surface area contributed by atoms with Crippen LogP contribution in [-0.4, -0.2) is 0 Å². The Balaban J connectivity index is 1.10. The highest BCUT2D eigenvalue weighted by Crippen LogP contribution is 2.42. The Morgan fingerprint density at radius 1 is 0.250 bits per heavy atom. The van der Waals surface area contributed by atoms with Crippen LogP contribution >= 0.6 is 0 Å². The van der Waals surface area contributed by atoms with Gasteiger partial charge in [0.05, 0.1) is 0 Å². The van der Waals surface area contributed by atoms with Crippen molar-refractivity contribution < 1.29 is 8.83 Å². The molecular weight excluding hydrogens is 585 g/mol. The minimum absolute atomic E-state index is 0.875. The Morgan fingerprint density at radius 2 is 0.729 bits per heavy atom. The molecule has 222 valence electrons. The first-order valence-electron chi connectivity index (χ1n) is 16.4. The second-order valence-corrected chi connectivity index (χ2v) is 12.8. The van der Waals surface area contributed by atoms with Crippen LogP contribution in [0, 0.1) is 0 Å². The van der Waals surface area contributed by atoms with Gasteiger partial charge in [-0.05, 0) is 108 Å². The van der Waals surface area contributed by atoms with Crippen molar-refractivity contribution in [3.05, 3.63) is 158 Å². The molecule has 0 bridgehead atoms. The molecule has 11 aromatic rings. The zero-order valence-electron chi connectivity index (χ0n) is 25.8. The maximum Gasteiger partial charge on any atom is 0.136 e. The Morgan fingerprint density at radius 3 is 1.48 bits per heavy atom. The van der Waals surface area contributed by atoms with E-state index in [9.17, 15) is 0 Å². The van der Waals surface area contributed by atoms with Gasteiger partial charge in [-0.1, -0.05) is 115 Å². The minimum atomic E-state index is 0.875. The molecule has 0 amide bonds. The predicted molar refractivity (Wildman–Crippen MR) is 202 cm³/mol. The molecule has 0 spiro atoms. The number of hydrogen-bond donors (Lipinski definition) is 0. The molecule has 0 unspecified atom stereocenters. The average molecular weight is 611 g/mol. The Bertz CT molecular complexity index is 3090. The first kappa shape index (κ1) is 25.8. The van der Waals surface area contributed by atoms with Crippen LogP contribution in [0.25, 0.3) is 109 Å². The summed E-state index contributed by atoms with van der Waals surface area (Å²) in [5.74, 6) is 0. The number of rotatable bonds is 2. The van der Waals surface area contributed by atoms with E-state index in [-0.39, 0.29) is 0 Å². The molecule has 0 radical (unpaired) electrons. The van der Waals surface area contributed by atoms with Crippen molar-refractivity contribution in [2.24, 2.45) is 0 Å². The molecule has 2 nitrogen and oxygen atoms in total. The smallest absolute Gasteiger partial charge is 0.136 e. The van der Waals surface area contributed by atoms with Gasteiger partial charge in [-0.25, -0.2) is 0 Å². The van der Waals surface area contributed by atoms with Crippen LogP contribution in [0.5, 0.6) is 0 Å². The summed E-state index contributed by atoms with van der Waals surface area (Å²) in [7, 11) is 0. The summed E-state index contributed by atoms with van der Waals surface area (Å²) in [4.78, 5) is 0. The zero-order chi connectivity index (χ0) is 31.3. The van der Waals surface area contributed by atoms with Gasteiger partial charge in [0.1, 0.15) is 22.3 Å². The monoisotopic (exact) mass is 610 g/mol. The van der Waals surface area contributed by atoms with Crippen molar-refractivity contribution in [1.82, 2.24) is 0 Å². The van der Waals surface area contributed by atoms with Gasteiger partial charge in [0, 0.05) is 21.5 Å². The summed E-state index contributed by atoms with van der Waals surface area (Å²) in [6, 6.07) is 56.9. The quantitative estimate of drug-likeness (QED) is 0.182. The highest BCUT2D eigenvalue weighted by Gasteiger charge is 2.16. The standard InChI is InChI=1S/C46H26O2/c1-2-10-31-27(8-1)9-7-14-32(31)30-17-20-36-35-19-16-28(22-38(35)33-11-3-4-12-34(33)39(36)24-30)29-18-21-44-40(23-29)42-26-45-41(25-46(42)48-44)37-13-5-6-15-43(37)47-45/h1-26H. The molecule has 48 heavy (non-hydrogen) atoms. The van der Waals surface area contributed by atoms with E-state index in [0.29, 0.717) is 0 Å². The van der Waals surface area contributed by atoms with E-state index in [1.807, 2.05) is 18.2 Å². The zero-order valence-corrected chi connectivity index (χ0v) is 25.8. The van der Waals surface area contributed by atoms with E-state index in [4.69, 9.17) is 8.83 Å². The molecule has 0 saturated carbocycles. The SMILES string of the molecule is c1ccc2c(-c3ccc4c5ccc(-c6ccc7oc8cc9c(cc8c7c6)oc6ccccc69)cc5c5ccccc5c4c3)cccc2c1. The average Bonchev–Trinajstić information content (AvgIpc) is 3.70. The third kappa shape index (κ3) is 3.63. The Hall–Kier alpha value is -6.38. The van der Waals surface area contributed by atoms with Gasteiger partial charge in [-0.3, -0.25) is 0 Å².